The van der Waals surface area contributed by atoms with Crippen molar-refractivity contribution < 1.29 is 28.7 Å². The first-order valence-corrected chi connectivity index (χ1v) is 6.09. The topological polar surface area (TPSA) is 111 Å². The largest absolute Gasteiger partial charge is 0.464 e. The van der Waals surface area contributed by atoms with Crippen molar-refractivity contribution in [3.63, 3.8) is 0 Å². The Labute approximate surface area is 115 Å². The molecule has 8 nitrogen and oxygen atoms in total. The molecule has 0 aliphatic heterocycles. The highest BCUT2D eigenvalue weighted by Gasteiger charge is 2.01. The van der Waals surface area contributed by atoms with Crippen molar-refractivity contribution in [3.05, 3.63) is 0 Å². The van der Waals surface area contributed by atoms with Crippen molar-refractivity contribution in [2.24, 2.45) is 9.98 Å². The number of aliphatic imine (C=N–C) groups is 2. The van der Waals surface area contributed by atoms with E-state index in [2.05, 4.69) is 9.98 Å². The minimum absolute atomic E-state index is 0.265. The molecular weight excluding hydrogens is 268 g/mol. The monoisotopic (exact) mass is 284 g/mol. The summed E-state index contributed by atoms with van der Waals surface area (Å²) in [4.78, 5) is 47.5. The van der Waals surface area contributed by atoms with Crippen LogP contribution in [0.2, 0.25) is 0 Å². The predicted molar refractivity (Wildman–Crippen MR) is 66.4 cm³/mol. The third-order valence-corrected chi connectivity index (χ3v) is 2.11. The Bertz CT molecular complexity index is 359. The number of unbranched alkanes of at least 4 members (excludes halogenated alkanes) is 3. The molecular formula is C12H16N2O6. The maximum Gasteiger partial charge on any atom is 0.328 e. The first-order valence-electron chi connectivity index (χ1n) is 6.09. The molecule has 0 spiro atoms. The van der Waals surface area contributed by atoms with Crippen LogP contribution in [0.15, 0.2) is 9.98 Å². The van der Waals surface area contributed by atoms with Gasteiger partial charge in [-0.2, -0.15) is 9.98 Å². The first-order chi connectivity index (χ1) is 9.70. The van der Waals surface area contributed by atoms with Crippen LogP contribution in [0.1, 0.15) is 25.7 Å². The van der Waals surface area contributed by atoms with Gasteiger partial charge in [0.2, 0.25) is 12.2 Å². The Morgan fingerprint density at radius 1 is 0.750 bits per heavy atom. The summed E-state index contributed by atoms with van der Waals surface area (Å²) in [7, 11) is 0. The molecule has 0 N–H and O–H groups in total. The van der Waals surface area contributed by atoms with Crippen molar-refractivity contribution in [1.29, 1.82) is 0 Å². The van der Waals surface area contributed by atoms with E-state index in [1.54, 1.807) is 0 Å². The van der Waals surface area contributed by atoms with Crippen LogP contribution in [0.5, 0.6) is 0 Å². The molecule has 0 heterocycles. The fourth-order valence-corrected chi connectivity index (χ4v) is 1.21. The van der Waals surface area contributed by atoms with E-state index in [1.807, 2.05) is 0 Å². The van der Waals surface area contributed by atoms with Crippen molar-refractivity contribution >= 4 is 24.1 Å². The standard InChI is InChI=1S/C12H16N2O6/c15-9-13-7-11(17)19-5-3-1-2-4-6-20-12(18)8-14-10-16/h1-8H2. The summed E-state index contributed by atoms with van der Waals surface area (Å²) in [5.41, 5.74) is 0. The third-order valence-electron chi connectivity index (χ3n) is 2.11. The summed E-state index contributed by atoms with van der Waals surface area (Å²) in [6, 6.07) is 0. The number of nitrogens with zero attached hydrogens (tertiary/aromatic N) is 2. The van der Waals surface area contributed by atoms with Gasteiger partial charge in [0.15, 0.2) is 0 Å². The molecule has 0 aromatic carbocycles. The van der Waals surface area contributed by atoms with Crippen LogP contribution in [-0.2, 0) is 28.7 Å². The average molecular weight is 284 g/mol. The summed E-state index contributed by atoms with van der Waals surface area (Å²) >= 11 is 0. The highest BCUT2D eigenvalue weighted by Crippen LogP contribution is 2.01. The normalized spacial score (nSPS) is 9.00. The maximum absolute atomic E-state index is 10.9. The van der Waals surface area contributed by atoms with Crippen LogP contribution in [0.25, 0.3) is 0 Å². The number of ether oxygens (including phenoxy) is 2. The van der Waals surface area contributed by atoms with Crippen LogP contribution in [0.4, 0.5) is 0 Å². The zero-order chi connectivity index (χ0) is 15.1. The minimum atomic E-state index is -0.557. The van der Waals surface area contributed by atoms with Gasteiger partial charge in [0.1, 0.15) is 13.1 Å². The quantitative estimate of drug-likeness (QED) is 0.233. The van der Waals surface area contributed by atoms with Gasteiger partial charge in [0.05, 0.1) is 13.2 Å². The summed E-state index contributed by atoms with van der Waals surface area (Å²) in [6.07, 6.45) is 5.49. The second-order valence-electron chi connectivity index (χ2n) is 3.67. The first kappa shape index (κ1) is 17.7. The average Bonchev–Trinajstić information content (AvgIpc) is 2.45. The van der Waals surface area contributed by atoms with E-state index < -0.39 is 11.9 Å². The van der Waals surface area contributed by atoms with Gasteiger partial charge in [0, 0.05) is 0 Å². The molecule has 110 valence electrons. The zero-order valence-electron chi connectivity index (χ0n) is 11.0. The fourth-order valence-electron chi connectivity index (χ4n) is 1.21. The van der Waals surface area contributed by atoms with Gasteiger partial charge in [-0.3, -0.25) is 9.59 Å². The van der Waals surface area contributed by atoms with Gasteiger partial charge in [-0.25, -0.2) is 9.59 Å². The number of rotatable bonds is 11. The molecule has 0 aromatic heterocycles. The number of hydrogen-bond acceptors (Lipinski definition) is 8. The van der Waals surface area contributed by atoms with Gasteiger partial charge in [-0.05, 0) is 25.7 Å². The summed E-state index contributed by atoms with van der Waals surface area (Å²) in [6.45, 7) is -0.0759. The van der Waals surface area contributed by atoms with Gasteiger partial charge >= 0.3 is 11.9 Å². The van der Waals surface area contributed by atoms with Gasteiger partial charge in [-0.15, -0.1) is 0 Å². The molecule has 0 unspecified atom stereocenters. The Morgan fingerprint density at radius 2 is 1.15 bits per heavy atom. The zero-order valence-corrected chi connectivity index (χ0v) is 11.0. The van der Waals surface area contributed by atoms with Crippen molar-refractivity contribution in [1.82, 2.24) is 0 Å². The molecule has 0 amide bonds. The molecule has 0 aliphatic rings. The smallest absolute Gasteiger partial charge is 0.328 e. The molecule has 0 rings (SSSR count). The predicted octanol–water partition coefficient (Wildman–Crippen LogP) is 0.305. The lowest BCUT2D eigenvalue weighted by molar-refractivity contribution is -0.143. The fraction of sp³-hybridized carbons (Fsp3) is 0.667. The van der Waals surface area contributed by atoms with Crippen LogP contribution in [-0.4, -0.2) is 50.4 Å². The Kier molecular flexibility index (Phi) is 11.6. The molecule has 0 aliphatic carbocycles. The van der Waals surface area contributed by atoms with Crippen LogP contribution in [0.3, 0.4) is 0 Å². The van der Waals surface area contributed by atoms with Crippen molar-refractivity contribution in [2.45, 2.75) is 25.7 Å². The number of carbonyl (C=O) groups excluding carboxylic acids is 4. The Morgan fingerprint density at radius 3 is 1.50 bits per heavy atom. The van der Waals surface area contributed by atoms with Gasteiger partial charge in [-0.1, -0.05) is 0 Å². The number of esters is 2. The van der Waals surface area contributed by atoms with Crippen molar-refractivity contribution in [2.75, 3.05) is 26.3 Å². The summed E-state index contributed by atoms with van der Waals surface area (Å²) in [5, 5.41) is 0. The van der Waals surface area contributed by atoms with E-state index >= 15 is 0 Å². The molecule has 0 atom stereocenters. The molecule has 0 bridgehead atoms. The highest BCUT2D eigenvalue weighted by atomic mass is 16.5. The molecule has 0 saturated carbocycles. The lowest BCUT2D eigenvalue weighted by Gasteiger charge is -2.04. The van der Waals surface area contributed by atoms with Gasteiger partial charge in [0.25, 0.3) is 0 Å². The number of carbonyl (C=O) groups is 2. The molecule has 0 aromatic rings. The van der Waals surface area contributed by atoms with Crippen LogP contribution in [0, 0.1) is 0 Å². The highest BCUT2D eigenvalue weighted by molar-refractivity contribution is 5.73. The van der Waals surface area contributed by atoms with E-state index in [1.165, 1.54) is 12.2 Å². The molecule has 0 radical (unpaired) electrons. The third kappa shape index (κ3) is 12.2. The molecule has 20 heavy (non-hydrogen) atoms. The summed E-state index contributed by atoms with van der Waals surface area (Å²) in [5.74, 6) is -1.11. The number of isocyanates is 2. The van der Waals surface area contributed by atoms with E-state index in [9.17, 15) is 19.2 Å². The van der Waals surface area contributed by atoms with E-state index in [0.717, 1.165) is 12.8 Å². The van der Waals surface area contributed by atoms with Crippen LogP contribution < -0.4 is 0 Å². The Hall–Kier alpha value is -2.30. The second kappa shape index (κ2) is 13.1. The lowest BCUT2D eigenvalue weighted by atomic mass is 10.2. The van der Waals surface area contributed by atoms with Crippen molar-refractivity contribution in [3.8, 4) is 0 Å². The maximum atomic E-state index is 10.9. The van der Waals surface area contributed by atoms with Gasteiger partial charge < -0.3 is 9.47 Å². The minimum Gasteiger partial charge on any atom is -0.464 e. The number of hydrogen-bond donors (Lipinski definition) is 0. The second-order valence-corrected chi connectivity index (χ2v) is 3.67. The van der Waals surface area contributed by atoms with E-state index in [0.29, 0.717) is 12.8 Å². The van der Waals surface area contributed by atoms with Crippen LogP contribution >= 0.6 is 0 Å². The van der Waals surface area contributed by atoms with E-state index in [4.69, 9.17) is 9.47 Å². The lowest BCUT2D eigenvalue weighted by Crippen LogP contribution is -2.10. The molecule has 0 saturated heterocycles. The molecule has 0 fully saturated rings. The SMILES string of the molecule is O=C=NCC(=O)OCCCCCCOC(=O)CN=C=O. The summed E-state index contributed by atoms with van der Waals surface area (Å²) < 4.78 is 9.57. The Balaban J connectivity index is 3.32. The molecule has 8 heteroatoms. The van der Waals surface area contributed by atoms with E-state index in [-0.39, 0.29) is 26.3 Å².